The minimum Gasteiger partial charge on any atom is -0.0940 e. The molecule has 0 bridgehead atoms. The molecule has 6 heteroatoms. The van der Waals surface area contributed by atoms with E-state index in [0.29, 0.717) is 13.1 Å². The lowest BCUT2D eigenvalue weighted by Gasteiger charge is -1.87. The first-order valence-electron chi connectivity index (χ1n) is 2.93. The molecule has 0 aromatic carbocycles. The Labute approximate surface area is 58.1 Å². The Balaban J connectivity index is 3.04. The van der Waals surface area contributed by atoms with Crippen molar-refractivity contribution in [2.75, 3.05) is 13.1 Å². The Morgan fingerprint density at radius 3 is 1.60 bits per heavy atom. The van der Waals surface area contributed by atoms with Crippen LogP contribution in [-0.4, -0.2) is 13.1 Å². The van der Waals surface area contributed by atoms with Crippen LogP contribution in [0.15, 0.2) is 10.2 Å². The van der Waals surface area contributed by atoms with Crippen LogP contribution >= 0.6 is 0 Å². The monoisotopic (exact) mass is 140 g/mol. The molecule has 0 amide bonds. The Morgan fingerprint density at radius 1 is 0.900 bits per heavy atom. The van der Waals surface area contributed by atoms with E-state index in [4.69, 9.17) is 11.1 Å². The van der Waals surface area contributed by atoms with Crippen molar-refractivity contribution >= 4 is 0 Å². The van der Waals surface area contributed by atoms with E-state index in [1.807, 2.05) is 0 Å². The van der Waals surface area contributed by atoms with Crippen LogP contribution in [0.3, 0.4) is 0 Å². The second kappa shape index (κ2) is 7.62. The van der Waals surface area contributed by atoms with Gasteiger partial charge in [-0.3, -0.25) is 0 Å². The summed E-state index contributed by atoms with van der Waals surface area (Å²) in [6, 6.07) is 0. The van der Waals surface area contributed by atoms with Crippen molar-refractivity contribution in [1.82, 2.24) is 0 Å². The summed E-state index contributed by atoms with van der Waals surface area (Å²) < 4.78 is 0. The van der Waals surface area contributed by atoms with Crippen molar-refractivity contribution in [3.63, 3.8) is 0 Å². The molecule has 0 atom stereocenters. The van der Waals surface area contributed by atoms with E-state index < -0.39 is 0 Å². The summed E-state index contributed by atoms with van der Waals surface area (Å²) in [6.45, 7) is 0.967. The lowest BCUT2D eigenvalue weighted by atomic mass is 10.3. The zero-order chi connectivity index (χ0) is 7.66. The first kappa shape index (κ1) is 8.62. The highest BCUT2D eigenvalue weighted by atomic mass is 15.1. The average molecular weight is 140 g/mol. The van der Waals surface area contributed by atoms with Crippen molar-refractivity contribution in [3.8, 4) is 0 Å². The summed E-state index contributed by atoms with van der Waals surface area (Å²) in [4.78, 5) is 5.15. The molecule has 0 N–H and O–H groups in total. The van der Waals surface area contributed by atoms with Gasteiger partial charge in [-0.15, -0.1) is 0 Å². The molecule has 54 valence electrons. The lowest BCUT2D eigenvalue weighted by Crippen LogP contribution is -1.82. The highest BCUT2D eigenvalue weighted by Crippen LogP contribution is 1.90. The van der Waals surface area contributed by atoms with E-state index in [1.165, 1.54) is 0 Å². The van der Waals surface area contributed by atoms with E-state index in [1.54, 1.807) is 0 Å². The largest absolute Gasteiger partial charge is 0.0940 e. The van der Waals surface area contributed by atoms with Crippen LogP contribution in [0.5, 0.6) is 0 Å². The molecule has 0 aliphatic heterocycles. The van der Waals surface area contributed by atoms with Crippen molar-refractivity contribution < 1.29 is 0 Å². The van der Waals surface area contributed by atoms with Crippen LogP contribution in [0.1, 0.15) is 12.8 Å². The molecular formula is C4H8N6. The fourth-order valence-corrected chi connectivity index (χ4v) is 0.454. The maximum absolute atomic E-state index is 7.85. The summed E-state index contributed by atoms with van der Waals surface area (Å²) in [6.07, 6.45) is 1.56. The summed E-state index contributed by atoms with van der Waals surface area (Å²) in [5.74, 6) is 0. The standard InChI is InChI=1S/C4H8N6/c5-9-7-3-1-2-4-8-10-6/h1-4H2. The molecule has 0 fully saturated rings. The van der Waals surface area contributed by atoms with Gasteiger partial charge in [0.25, 0.3) is 0 Å². The molecule has 0 aromatic heterocycles. The smallest absolute Gasteiger partial charge is 0.0257 e. The lowest BCUT2D eigenvalue weighted by molar-refractivity contribution is 0.749. The molecule has 0 spiro atoms. The first-order valence-corrected chi connectivity index (χ1v) is 2.93. The molecule has 0 unspecified atom stereocenters. The minimum atomic E-state index is 0.484. The fraction of sp³-hybridized carbons (Fsp3) is 1.00. The zero-order valence-corrected chi connectivity index (χ0v) is 5.51. The Kier molecular flexibility index (Phi) is 6.57. The van der Waals surface area contributed by atoms with Gasteiger partial charge in [0.05, 0.1) is 0 Å². The first-order chi connectivity index (χ1) is 4.91. The third-order valence-electron chi connectivity index (χ3n) is 0.893. The minimum absolute atomic E-state index is 0.484. The molecule has 6 nitrogen and oxygen atoms in total. The predicted octanol–water partition coefficient (Wildman–Crippen LogP) is 2.39. The number of unbranched alkanes of at least 4 members (excludes halogenated alkanes) is 1. The van der Waals surface area contributed by atoms with Gasteiger partial charge >= 0.3 is 0 Å². The maximum atomic E-state index is 7.85. The molecular weight excluding hydrogens is 132 g/mol. The van der Waals surface area contributed by atoms with Crippen LogP contribution in [0.2, 0.25) is 0 Å². The molecule has 0 heterocycles. The van der Waals surface area contributed by atoms with Gasteiger partial charge in [0.2, 0.25) is 0 Å². The van der Waals surface area contributed by atoms with E-state index in [0.717, 1.165) is 12.8 Å². The van der Waals surface area contributed by atoms with Crippen molar-refractivity contribution in [1.29, 1.82) is 0 Å². The van der Waals surface area contributed by atoms with Gasteiger partial charge in [-0.1, -0.05) is 10.2 Å². The topological polar surface area (TPSA) is 97.5 Å². The second-order valence-electron chi connectivity index (χ2n) is 1.62. The predicted molar refractivity (Wildman–Crippen MR) is 37.3 cm³/mol. The quantitative estimate of drug-likeness (QED) is 0.242. The van der Waals surface area contributed by atoms with E-state index in [-0.39, 0.29) is 0 Å². The van der Waals surface area contributed by atoms with Gasteiger partial charge in [0.15, 0.2) is 0 Å². The molecule has 10 heavy (non-hydrogen) atoms. The van der Waals surface area contributed by atoms with Gasteiger partial charge in [-0.2, -0.15) is 0 Å². The van der Waals surface area contributed by atoms with Crippen molar-refractivity contribution in [2.24, 2.45) is 10.2 Å². The highest BCUT2D eigenvalue weighted by molar-refractivity contribution is 4.50. The zero-order valence-electron chi connectivity index (χ0n) is 5.51. The second-order valence-corrected chi connectivity index (χ2v) is 1.62. The molecule has 0 radical (unpaired) electrons. The van der Waals surface area contributed by atoms with Gasteiger partial charge in [0.1, 0.15) is 0 Å². The van der Waals surface area contributed by atoms with Gasteiger partial charge in [-0.05, 0) is 23.9 Å². The van der Waals surface area contributed by atoms with E-state index in [2.05, 4.69) is 20.1 Å². The Morgan fingerprint density at radius 2 is 1.30 bits per heavy atom. The van der Waals surface area contributed by atoms with E-state index in [9.17, 15) is 0 Å². The Hall–Kier alpha value is -1.38. The molecule has 0 rings (SSSR count). The van der Waals surface area contributed by atoms with Crippen molar-refractivity contribution in [2.45, 2.75) is 12.8 Å². The Bertz CT molecular complexity index is 143. The van der Waals surface area contributed by atoms with Crippen LogP contribution in [-0.2, 0) is 0 Å². The molecule has 0 saturated carbocycles. The maximum Gasteiger partial charge on any atom is 0.0257 e. The van der Waals surface area contributed by atoms with Gasteiger partial charge < -0.3 is 0 Å². The number of rotatable bonds is 5. The normalized spacial score (nSPS) is 7.60. The summed E-state index contributed by atoms with van der Waals surface area (Å²) in [5, 5.41) is 6.63. The van der Waals surface area contributed by atoms with E-state index >= 15 is 0 Å². The number of azide groups is 2. The number of hydrogen-bond donors (Lipinski definition) is 0. The molecule has 0 aromatic rings. The van der Waals surface area contributed by atoms with Crippen LogP contribution < -0.4 is 0 Å². The van der Waals surface area contributed by atoms with Gasteiger partial charge in [0, 0.05) is 22.9 Å². The molecule has 0 aliphatic rings. The fourth-order valence-electron chi connectivity index (χ4n) is 0.454. The summed E-state index contributed by atoms with van der Waals surface area (Å²) in [5.41, 5.74) is 15.7. The van der Waals surface area contributed by atoms with Gasteiger partial charge in [-0.25, -0.2) is 0 Å². The average Bonchev–Trinajstić information content (AvgIpc) is 1.97. The third kappa shape index (κ3) is 6.62. The SMILES string of the molecule is [N-]=[N+]=NCCCCN=[N+]=[N-]. The molecule has 0 aliphatic carbocycles. The molecule has 0 saturated heterocycles. The summed E-state index contributed by atoms with van der Waals surface area (Å²) >= 11 is 0. The highest BCUT2D eigenvalue weighted by Gasteiger charge is 1.82. The van der Waals surface area contributed by atoms with Crippen LogP contribution in [0, 0.1) is 0 Å². The van der Waals surface area contributed by atoms with Crippen LogP contribution in [0.25, 0.3) is 20.9 Å². The number of nitrogens with zero attached hydrogens (tertiary/aromatic N) is 6. The van der Waals surface area contributed by atoms with Crippen molar-refractivity contribution in [3.05, 3.63) is 20.9 Å². The summed E-state index contributed by atoms with van der Waals surface area (Å²) in [7, 11) is 0. The number of hydrogen-bond acceptors (Lipinski definition) is 2. The third-order valence-corrected chi connectivity index (χ3v) is 0.893. The van der Waals surface area contributed by atoms with Crippen LogP contribution in [0.4, 0.5) is 0 Å².